The van der Waals surface area contributed by atoms with Crippen molar-refractivity contribution >= 4 is 23.9 Å². The molecule has 2 heterocycles. The third-order valence-corrected chi connectivity index (χ3v) is 5.77. The molecule has 0 saturated heterocycles. The molecule has 0 saturated carbocycles. The van der Waals surface area contributed by atoms with Crippen molar-refractivity contribution in [2.75, 3.05) is 13.7 Å². The molecule has 1 N–H and O–H groups in total. The third-order valence-electron chi connectivity index (χ3n) is 5.77. The molecule has 0 aromatic heterocycles. The van der Waals surface area contributed by atoms with Crippen LogP contribution in [0.3, 0.4) is 0 Å². The largest absolute Gasteiger partial charge is 0.497 e. The van der Waals surface area contributed by atoms with Gasteiger partial charge in [-0.3, -0.25) is 0 Å². The summed E-state index contributed by atoms with van der Waals surface area (Å²) in [6, 6.07) is 14.6. The summed E-state index contributed by atoms with van der Waals surface area (Å²) in [7, 11) is 1.53. The fraction of sp³-hybridized carbons (Fsp3) is 0.231. The number of carbonyl (C=O) groups excluding carboxylic acids is 4. The summed E-state index contributed by atoms with van der Waals surface area (Å²) >= 11 is 0. The molecule has 2 unspecified atom stereocenters. The van der Waals surface area contributed by atoms with Gasteiger partial charge in [0, 0.05) is 34.8 Å². The van der Waals surface area contributed by atoms with Gasteiger partial charge in [-0.25, -0.2) is 19.2 Å². The van der Waals surface area contributed by atoms with E-state index in [0.717, 1.165) is 24.3 Å². The minimum atomic E-state index is -1.56. The number of hydrogen-bond donors (Lipinski definition) is 1. The molecule has 0 radical (unpaired) electrons. The number of benzene rings is 2. The summed E-state index contributed by atoms with van der Waals surface area (Å²) in [5.41, 5.74) is -0.462. The molecule has 12 nitrogen and oxygen atoms in total. The van der Waals surface area contributed by atoms with E-state index in [0.29, 0.717) is 27.3 Å². The van der Waals surface area contributed by atoms with E-state index in [2.05, 4.69) is 0 Å². The van der Waals surface area contributed by atoms with Crippen molar-refractivity contribution in [3.63, 3.8) is 0 Å². The first-order valence-electron chi connectivity index (χ1n) is 11.5. The second-order valence-electron chi connectivity index (χ2n) is 8.26. The van der Waals surface area contributed by atoms with Crippen molar-refractivity contribution in [3.8, 4) is 5.75 Å². The minimum Gasteiger partial charge on any atom is -0.497 e. The van der Waals surface area contributed by atoms with Crippen molar-refractivity contribution < 1.29 is 48.4 Å². The molecule has 12 heteroatoms. The van der Waals surface area contributed by atoms with Gasteiger partial charge in [0.1, 0.15) is 17.4 Å². The normalized spacial score (nSPS) is 25.1. The van der Waals surface area contributed by atoms with E-state index in [1.54, 1.807) is 54.6 Å². The molecular formula is C26H24N2O10. The van der Waals surface area contributed by atoms with Crippen LogP contribution in [0.25, 0.3) is 0 Å². The van der Waals surface area contributed by atoms with Crippen molar-refractivity contribution in [1.29, 1.82) is 0 Å². The van der Waals surface area contributed by atoms with Crippen LogP contribution in [0.15, 0.2) is 78.9 Å². The predicted molar refractivity (Wildman–Crippen MR) is 127 cm³/mol. The Morgan fingerprint density at radius 3 is 1.82 bits per heavy atom. The highest BCUT2D eigenvalue weighted by Gasteiger charge is 2.38. The summed E-state index contributed by atoms with van der Waals surface area (Å²) < 4.78 is 5.22. The van der Waals surface area contributed by atoms with E-state index in [-0.39, 0.29) is 12.8 Å². The molecule has 4 rings (SSSR count). The molecule has 0 amide bonds. The number of hydrogen-bond acceptors (Lipinski definition) is 12. The smallest absolute Gasteiger partial charge is 0.353 e. The fourth-order valence-electron chi connectivity index (χ4n) is 3.88. The fourth-order valence-corrected chi connectivity index (χ4v) is 3.88. The van der Waals surface area contributed by atoms with Crippen molar-refractivity contribution in [2.24, 2.45) is 0 Å². The summed E-state index contributed by atoms with van der Waals surface area (Å²) in [6.07, 6.45) is 3.00. The lowest BCUT2D eigenvalue weighted by molar-refractivity contribution is -0.372. The Hall–Kier alpha value is -4.52. The predicted octanol–water partition coefficient (Wildman–Crippen LogP) is 1.66. The number of nitrogens with zero attached hydrogens (tertiary/aromatic N) is 2. The average molecular weight is 524 g/mol. The number of fused-ring (bicyclic) bond motifs is 3. The molecular weight excluding hydrogens is 500 g/mol. The Balaban J connectivity index is 1.70. The lowest BCUT2D eigenvalue weighted by Crippen LogP contribution is -2.48. The van der Waals surface area contributed by atoms with E-state index in [1.807, 2.05) is 0 Å². The minimum absolute atomic E-state index is 0.00101. The molecule has 2 bridgehead atoms. The SMILES string of the molecule is COc1ccc(C(O)(CCC2CN3OC(=O)/C=C\C(=O)ON2OC(=O)/C=C\C(=O)O3)c2ccccc2)cc1. The topological polar surface area (TPSA) is 141 Å². The van der Waals surface area contributed by atoms with Crippen molar-refractivity contribution in [1.82, 2.24) is 10.5 Å². The zero-order valence-electron chi connectivity index (χ0n) is 20.2. The van der Waals surface area contributed by atoms with Crippen LogP contribution in [0.1, 0.15) is 24.0 Å². The number of rotatable bonds is 6. The molecule has 0 aliphatic carbocycles. The Morgan fingerprint density at radius 2 is 1.29 bits per heavy atom. The van der Waals surface area contributed by atoms with Crippen LogP contribution in [0.2, 0.25) is 0 Å². The molecule has 0 spiro atoms. The highest BCUT2D eigenvalue weighted by molar-refractivity contribution is 5.93. The van der Waals surface area contributed by atoms with Crippen LogP contribution in [-0.2, 0) is 44.1 Å². The number of carbonyl (C=O) groups is 4. The number of hydroxylamine groups is 4. The van der Waals surface area contributed by atoms with Crippen LogP contribution >= 0.6 is 0 Å². The van der Waals surface area contributed by atoms with Crippen LogP contribution in [0, 0.1) is 0 Å². The van der Waals surface area contributed by atoms with E-state index >= 15 is 0 Å². The molecule has 0 fully saturated rings. The van der Waals surface area contributed by atoms with Gasteiger partial charge in [0.2, 0.25) is 0 Å². The standard InChI is InChI=1S/C26H24N2O10/c1-34-21-9-7-19(8-10-21)26(33,18-5-3-2-4-6-18)16-15-20-17-27-35-22(29)11-13-24(31)37-28(20)38-25(32)14-12-23(30)36-27/h2-14,20,33H,15-17H2,1H3/b13-11-,14-12-. The zero-order valence-corrected chi connectivity index (χ0v) is 20.2. The maximum absolute atomic E-state index is 12.3. The Morgan fingerprint density at radius 1 is 0.789 bits per heavy atom. The summed E-state index contributed by atoms with van der Waals surface area (Å²) in [4.78, 5) is 69.1. The van der Waals surface area contributed by atoms with Gasteiger partial charge in [0.25, 0.3) is 0 Å². The monoisotopic (exact) mass is 524 g/mol. The first-order valence-corrected chi connectivity index (χ1v) is 11.5. The zero-order chi connectivity index (χ0) is 27.1. The van der Waals surface area contributed by atoms with Crippen molar-refractivity contribution in [3.05, 3.63) is 90.0 Å². The Bertz CT molecular complexity index is 1200. The maximum Gasteiger partial charge on any atom is 0.353 e. The van der Waals surface area contributed by atoms with Gasteiger partial charge in [-0.1, -0.05) is 42.5 Å². The summed E-state index contributed by atoms with van der Waals surface area (Å²) in [5, 5.41) is 13.2. The van der Waals surface area contributed by atoms with Gasteiger partial charge in [-0.15, -0.1) is 0 Å². The van der Waals surface area contributed by atoms with Crippen molar-refractivity contribution in [2.45, 2.75) is 24.5 Å². The molecule has 198 valence electrons. The second-order valence-corrected chi connectivity index (χ2v) is 8.26. The summed E-state index contributed by atoms with van der Waals surface area (Å²) in [6.45, 7) is -0.410. The van der Waals surface area contributed by atoms with E-state index < -0.39 is 42.1 Å². The molecule has 2 aliphatic heterocycles. The van der Waals surface area contributed by atoms with Gasteiger partial charge >= 0.3 is 23.9 Å². The molecule has 2 aromatic carbocycles. The van der Waals surface area contributed by atoms with Gasteiger partial charge < -0.3 is 29.2 Å². The number of ether oxygens (including phenoxy) is 1. The Kier molecular flexibility index (Phi) is 8.16. The maximum atomic E-state index is 12.3. The number of methoxy groups -OCH3 is 1. The molecule has 38 heavy (non-hydrogen) atoms. The highest BCUT2D eigenvalue weighted by atomic mass is 17.0. The highest BCUT2D eigenvalue weighted by Crippen LogP contribution is 2.36. The average Bonchev–Trinajstić information content (AvgIpc) is 2.92. The first kappa shape index (κ1) is 26.5. The lowest BCUT2D eigenvalue weighted by Gasteiger charge is -2.34. The van der Waals surface area contributed by atoms with E-state index in [4.69, 9.17) is 24.1 Å². The number of aliphatic hydroxyl groups is 1. The van der Waals surface area contributed by atoms with E-state index in [9.17, 15) is 24.3 Å². The van der Waals surface area contributed by atoms with Crippen LogP contribution in [0.4, 0.5) is 0 Å². The van der Waals surface area contributed by atoms with Crippen LogP contribution < -0.4 is 4.74 Å². The van der Waals surface area contributed by atoms with E-state index in [1.165, 1.54) is 7.11 Å². The second kappa shape index (κ2) is 11.7. The Labute approximate surface area is 217 Å². The molecule has 2 aliphatic rings. The van der Waals surface area contributed by atoms with Gasteiger partial charge in [-0.2, -0.15) is 0 Å². The molecule has 2 aromatic rings. The van der Waals surface area contributed by atoms with Crippen LogP contribution in [0.5, 0.6) is 5.75 Å². The molecule has 2 atom stereocenters. The first-order chi connectivity index (χ1) is 18.3. The quantitative estimate of drug-likeness (QED) is 0.587. The lowest BCUT2D eigenvalue weighted by atomic mass is 9.81. The van der Waals surface area contributed by atoms with Gasteiger partial charge in [0.05, 0.1) is 13.7 Å². The van der Waals surface area contributed by atoms with Crippen LogP contribution in [-0.4, -0.2) is 59.1 Å². The third kappa shape index (κ3) is 6.42. The van der Waals surface area contributed by atoms with Gasteiger partial charge in [0.15, 0.2) is 0 Å². The summed E-state index contributed by atoms with van der Waals surface area (Å²) in [5.74, 6) is -3.49. The van der Waals surface area contributed by atoms with Gasteiger partial charge in [-0.05, 0) is 36.1 Å².